The Labute approximate surface area is 151 Å². The van der Waals surface area contributed by atoms with E-state index < -0.39 is 0 Å². The van der Waals surface area contributed by atoms with Gasteiger partial charge in [-0.05, 0) is 36.2 Å². The predicted molar refractivity (Wildman–Crippen MR) is 95.8 cm³/mol. The van der Waals surface area contributed by atoms with Crippen molar-refractivity contribution in [1.82, 2.24) is 10.6 Å². The molecule has 1 aromatic carbocycles. The van der Waals surface area contributed by atoms with Crippen LogP contribution in [0.2, 0.25) is 0 Å². The third-order valence-corrected chi connectivity index (χ3v) is 4.16. The van der Waals surface area contributed by atoms with Gasteiger partial charge in [0.1, 0.15) is 0 Å². The predicted octanol–water partition coefficient (Wildman–Crippen LogP) is 1.50. The number of anilines is 1. The van der Waals surface area contributed by atoms with Crippen LogP contribution in [-0.4, -0.2) is 37.4 Å². The molecular weight excluding hydrogens is 334 g/mol. The van der Waals surface area contributed by atoms with Crippen LogP contribution in [0.15, 0.2) is 47.1 Å². The van der Waals surface area contributed by atoms with E-state index >= 15 is 0 Å². The summed E-state index contributed by atoms with van der Waals surface area (Å²) in [5, 5.41) is 5.42. The molecule has 3 rings (SSSR count). The van der Waals surface area contributed by atoms with Crippen molar-refractivity contribution >= 4 is 23.4 Å². The average molecular weight is 355 g/mol. The highest BCUT2D eigenvalue weighted by molar-refractivity contribution is 5.95. The first kappa shape index (κ1) is 17.7. The summed E-state index contributed by atoms with van der Waals surface area (Å²) < 4.78 is 4.98. The third-order valence-electron chi connectivity index (χ3n) is 4.16. The van der Waals surface area contributed by atoms with Gasteiger partial charge in [0.05, 0.1) is 12.7 Å². The highest BCUT2D eigenvalue weighted by Crippen LogP contribution is 2.21. The van der Waals surface area contributed by atoms with Crippen LogP contribution in [0.25, 0.3) is 0 Å². The largest absolute Gasteiger partial charge is 0.459 e. The van der Waals surface area contributed by atoms with Gasteiger partial charge in [-0.15, -0.1) is 0 Å². The molecule has 1 saturated heterocycles. The molecule has 1 aliphatic heterocycles. The second kappa shape index (κ2) is 8.33. The van der Waals surface area contributed by atoms with Gasteiger partial charge in [-0.25, -0.2) is 0 Å². The molecule has 0 bridgehead atoms. The van der Waals surface area contributed by atoms with Crippen LogP contribution < -0.4 is 15.5 Å². The quantitative estimate of drug-likeness (QED) is 0.736. The fourth-order valence-corrected chi connectivity index (χ4v) is 2.84. The van der Waals surface area contributed by atoms with E-state index in [1.54, 1.807) is 17.0 Å². The lowest BCUT2D eigenvalue weighted by Crippen LogP contribution is -2.35. The molecule has 2 N–H and O–H groups in total. The fraction of sp³-hybridized carbons (Fsp3) is 0.316. The minimum atomic E-state index is -0.309. The van der Waals surface area contributed by atoms with Gasteiger partial charge in [0.25, 0.3) is 5.91 Å². The van der Waals surface area contributed by atoms with Crippen molar-refractivity contribution in [2.75, 3.05) is 24.5 Å². The summed E-state index contributed by atoms with van der Waals surface area (Å²) in [4.78, 5) is 37.1. The fourth-order valence-electron chi connectivity index (χ4n) is 2.84. The second-order valence-corrected chi connectivity index (χ2v) is 6.08. The topological polar surface area (TPSA) is 91.7 Å². The molecule has 2 aromatic rings. The maximum Gasteiger partial charge on any atom is 0.287 e. The van der Waals surface area contributed by atoms with Crippen LogP contribution in [0.4, 0.5) is 5.69 Å². The molecule has 0 saturated carbocycles. The lowest BCUT2D eigenvalue weighted by molar-refractivity contribution is -0.120. The van der Waals surface area contributed by atoms with Gasteiger partial charge in [-0.1, -0.05) is 12.1 Å². The molecule has 0 spiro atoms. The maximum absolute atomic E-state index is 12.0. The van der Waals surface area contributed by atoms with Crippen molar-refractivity contribution in [2.24, 2.45) is 0 Å². The number of furan rings is 1. The van der Waals surface area contributed by atoms with Gasteiger partial charge >= 0.3 is 0 Å². The Hall–Kier alpha value is -3.09. The zero-order valence-corrected chi connectivity index (χ0v) is 14.4. The van der Waals surface area contributed by atoms with Crippen LogP contribution in [0.1, 0.15) is 29.0 Å². The normalized spacial score (nSPS) is 13.7. The number of nitrogens with one attached hydrogen (secondary N) is 2. The van der Waals surface area contributed by atoms with Crippen LogP contribution in [0.3, 0.4) is 0 Å². The van der Waals surface area contributed by atoms with Crippen molar-refractivity contribution in [3.05, 3.63) is 54.0 Å². The molecule has 0 unspecified atom stereocenters. The summed E-state index contributed by atoms with van der Waals surface area (Å²) in [6.07, 6.45) is 3.17. The number of nitrogens with zero attached hydrogens (tertiary/aromatic N) is 1. The van der Waals surface area contributed by atoms with Crippen molar-refractivity contribution < 1.29 is 18.8 Å². The molecule has 136 valence electrons. The highest BCUT2D eigenvalue weighted by atomic mass is 16.3. The molecule has 1 aromatic heterocycles. The lowest BCUT2D eigenvalue weighted by atomic mass is 10.1. The number of rotatable bonds is 7. The van der Waals surface area contributed by atoms with Gasteiger partial charge in [-0.2, -0.15) is 0 Å². The summed E-state index contributed by atoms with van der Waals surface area (Å²) >= 11 is 0. The number of hydrogen-bond donors (Lipinski definition) is 2. The molecule has 2 heterocycles. The van der Waals surface area contributed by atoms with Crippen LogP contribution in [-0.2, 0) is 16.0 Å². The van der Waals surface area contributed by atoms with Crippen LogP contribution >= 0.6 is 0 Å². The number of benzene rings is 1. The third kappa shape index (κ3) is 4.50. The Kier molecular flexibility index (Phi) is 5.68. The number of carbonyl (C=O) groups excluding carboxylic acids is 3. The Morgan fingerprint density at radius 2 is 1.85 bits per heavy atom. The molecule has 0 atom stereocenters. The van der Waals surface area contributed by atoms with E-state index in [4.69, 9.17) is 4.42 Å². The first-order valence-corrected chi connectivity index (χ1v) is 8.61. The SMILES string of the molecule is O=C(Cc1ccc(N2CCCC2=O)cc1)NCCNC(=O)c1ccco1. The Balaban J connectivity index is 1.39. The van der Waals surface area contributed by atoms with Crippen molar-refractivity contribution in [1.29, 1.82) is 0 Å². The Morgan fingerprint density at radius 3 is 2.50 bits per heavy atom. The standard InChI is InChI=1S/C19H21N3O4/c23-17(20-9-10-21-19(25)16-3-2-12-26-16)13-14-5-7-15(8-6-14)22-11-1-4-18(22)24/h2-3,5-8,12H,1,4,9-11,13H2,(H,20,23)(H,21,25). The van der Waals surface area contributed by atoms with Crippen molar-refractivity contribution in [3.63, 3.8) is 0 Å². The Bertz CT molecular complexity index is 769. The zero-order valence-electron chi connectivity index (χ0n) is 14.4. The number of hydrogen-bond acceptors (Lipinski definition) is 4. The van der Waals surface area contributed by atoms with Crippen molar-refractivity contribution in [3.8, 4) is 0 Å². The summed E-state index contributed by atoms with van der Waals surface area (Å²) in [6.45, 7) is 1.41. The number of amides is 3. The van der Waals surface area contributed by atoms with Crippen LogP contribution in [0, 0.1) is 0 Å². The molecule has 1 fully saturated rings. The molecule has 0 radical (unpaired) electrons. The molecular formula is C19H21N3O4. The molecule has 7 heteroatoms. The monoisotopic (exact) mass is 355 g/mol. The van der Waals surface area contributed by atoms with E-state index in [9.17, 15) is 14.4 Å². The van der Waals surface area contributed by atoms with Crippen LogP contribution in [0.5, 0.6) is 0 Å². The smallest absolute Gasteiger partial charge is 0.287 e. The average Bonchev–Trinajstić information content (AvgIpc) is 3.31. The van der Waals surface area contributed by atoms with Gasteiger partial charge in [0, 0.05) is 31.7 Å². The van der Waals surface area contributed by atoms with E-state index in [1.807, 2.05) is 24.3 Å². The molecule has 0 aliphatic carbocycles. The van der Waals surface area contributed by atoms with E-state index in [2.05, 4.69) is 10.6 Å². The van der Waals surface area contributed by atoms with Crippen molar-refractivity contribution in [2.45, 2.75) is 19.3 Å². The zero-order chi connectivity index (χ0) is 18.4. The lowest BCUT2D eigenvalue weighted by Gasteiger charge is -2.15. The van der Waals surface area contributed by atoms with Gasteiger partial charge in [0.2, 0.25) is 11.8 Å². The van der Waals surface area contributed by atoms with E-state index in [1.165, 1.54) is 6.26 Å². The minimum absolute atomic E-state index is 0.123. The Morgan fingerprint density at radius 1 is 1.08 bits per heavy atom. The summed E-state index contributed by atoms with van der Waals surface area (Å²) in [5.74, 6) is -0.0430. The van der Waals surface area contributed by atoms with Gasteiger partial charge < -0.3 is 20.0 Å². The molecule has 7 nitrogen and oxygen atoms in total. The molecule has 3 amide bonds. The second-order valence-electron chi connectivity index (χ2n) is 6.08. The molecule has 1 aliphatic rings. The van der Waals surface area contributed by atoms with Gasteiger partial charge in [0.15, 0.2) is 5.76 Å². The highest BCUT2D eigenvalue weighted by Gasteiger charge is 2.21. The number of carbonyl (C=O) groups is 3. The van der Waals surface area contributed by atoms with E-state index in [-0.39, 0.29) is 29.9 Å². The van der Waals surface area contributed by atoms with Gasteiger partial charge in [-0.3, -0.25) is 14.4 Å². The molecule has 26 heavy (non-hydrogen) atoms. The summed E-state index contributed by atoms with van der Waals surface area (Å²) in [7, 11) is 0. The summed E-state index contributed by atoms with van der Waals surface area (Å²) in [6, 6.07) is 10.7. The first-order valence-electron chi connectivity index (χ1n) is 8.61. The van der Waals surface area contributed by atoms with E-state index in [0.717, 1.165) is 24.2 Å². The minimum Gasteiger partial charge on any atom is -0.459 e. The van der Waals surface area contributed by atoms with E-state index in [0.29, 0.717) is 19.5 Å². The maximum atomic E-state index is 12.0. The summed E-state index contributed by atoms with van der Waals surface area (Å²) in [5.41, 5.74) is 1.75. The first-order chi connectivity index (χ1) is 12.6.